The highest BCUT2D eigenvalue weighted by molar-refractivity contribution is 7.99. The molecule has 3 rings (SSSR count). The fraction of sp³-hybridized carbons (Fsp3) is 0.353. The lowest BCUT2D eigenvalue weighted by Crippen LogP contribution is -2.36. The Morgan fingerprint density at radius 1 is 1.19 bits per heavy atom. The second-order valence-electron chi connectivity index (χ2n) is 5.68. The summed E-state index contributed by atoms with van der Waals surface area (Å²) in [5.74, 6) is 0.136. The number of rotatable bonds is 7. The monoisotopic (exact) mass is 374 g/mol. The topological polar surface area (TPSA) is 105 Å². The summed E-state index contributed by atoms with van der Waals surface area (Å²) in [6.45, 7) is 1.76. The van der Waals surface area contributed by atoms with Gasteiger partial charge in [-0.1, -0.05) is 24.2 Å². The Morgan fingerprint density at radius 2 is 1.88 bits per heavy atom. The van der Waals surface area contributed by atoms with Crippen molar-refractivity contribution >= 4 is 35.5 Å². The molecule has 2 aromatic rings. The third-order valence-electron chi connectivity index (χ3n) is 3.76. The Labute approximate surface area is 154 Å². The van der Waals surface area contributed by atoms with Gasteiger partial charge in [0.1, 0.15) is 6.54 Å². The molecule has 0 radical (unpaired) electrons. The number of anilines is 1. The highest BCUT2D eigenvalue weighted by atomic mass is 32.2. The molecular weight excluding hydrogens is 356 g/mol. The van der Waals surface area contributed by atoms with E-state index in [0.717, 1.165) is 16.2 Å². The molecule has 0 atom stereocenters. The summed E-state index contributed by atoms with van der Waals surface area (Å²) in [7, 11) is 0. The van der Waals surface area contributed by atoms with Crippen LogP contribution in [0.25, 0.3) is 0 Å². The minimum absolute atomic E-state index is 0.0535. The van der Waals surface area contributed by atoms with Crippen LogP contribution < -0.4 is 5.32 Å². The molecule has 1 aromatic heterocycles. The fourth-order valence-corrected chi connectivity index (χ4v) is 3.18. The molecule has 3 amide bonds. The number of carbonyl (C=O) groups is 3. The van der Waals surface area contributed by atoms with Crippen LogP contribution in [0.1, 0.15) is 31.2 Å². The van der Waals surface area contributed by atoms with Gasteiger partial charge in [-0.2, -0.15) is 0 Å². The molecule has 1 aliphatic rings. The molecule has 9 heteroatoms. The average molecular weight is 374 g/mol. The second-order valence-corrected chi connectivity index (χ2v) is 7.01. The van der Waals surface area contributed by atoms with Crippen molar-refractivity contribution in [2.75, 3.05) is 17.6 Å². The molecule has 1 aromatic carbocycles. The van der Waals surface area contributed by atoms with E-state index in [0.29, 0.717) is 12.3 Å². The van der Waals surface area contributed by atoms with Crippen molar-refractivity contribution in [3.63, 3.8) is 0 Å². The van der Waals surface area contributed by atoms with E-state index in [4.69, 9.17) is 4.42 Å². The maximum Gasteiger partial charge on any atom is 0.322 e. The number of imide groups is 1. The Kier molecular flexibility index (Phi) is 5.67. The fourth-order valence-electron chi connectivity index (χ4n) is 2.52. The first-order valence-electron chi connectivity index (χ1n) is 8.22. The van der Waals surface area contributed by atoms with Crippen LogP contribution in [0.3, 0.4) is 0 Å². The number of hydrogen-bond donors (Lipinski definition) is 1. The van der Waals surface area contributed by atoms with Crippen LogP contribution in [-0.4, -0.2) is 45.1 Å². The predicted molar refractivity (Wildman–Crippen MR) is 94.5 cm³/mol. The molecule has 26 heavy (non-hydrogen) atoms. The van der Waals surface area contributed by atoms with E-state index in [1.807, 2.05) is 24.3 Å². The molecule has 1 fully saturated rings. The van der Waals surface area contributed by atoms with E-state index in [2.05, 4.69) is 22.4 Å². The van der Waals surface area contributed by atoms with Crippen LogP contribution in [0.5, 0.6) is 0 Å². The molecule has 1 saturated heterocycles. The third-order valence-corrected chi connectivity index (χ3v) is 4.65. The molecule has 136 valence electrons. The smallest absolute Gasteiger partial charge is 0.322 e. The minimum Gasteiger partial charge on any atom is -0.407 e. The molecule has 8 nitrogen and oxygen atoms in total. The number of likely N-dealkylation sites (tertiary alicyclic amines) is 1. The van der Waals surface area contributed by atoms with Gasteiger partial charge < -0.3 is 4.42 Å². The molecular formula is C17H18N4O4S. The van der Waals surface area contributed by atoms with Crippen LogP contribution in [0.4, 0.5) is 6.01 Å². The SMILES string of the molecule is CCSc1ccc(Cc2nnc(NC(=O)CN3C(=O)CCC3=O)o2)cc1. The Bertz CT molecular complexity index is 802. The van der Waals surface area contributed by atoms with E-state index < -0.39 is 5.91 Å². The van der Waals surface area contributed by atoms with E-state index >= 15 is 0 Å². The zero-order valence-corrected chi connectivity index (χ0v) is 15.0. The maximum absolute atomic E-state index is 11.9. The Hall–Kier alpha value is -2.68. The van der Waals surface area contributed by atoms with Gasteiger partial charge in [0.25, 0.3) is 0 Å². The average Bonchev–Trinajstić information content (AvgIpc) is 3.18. The summed E-state index contributed by atoms with van der Waals surface area (Å²) in [5, 5.41) is 10.1. The quantitative estimate of drug-likeness (QED) is 0.582. The number of nitrogens with zero attached hydrogens (tertiary/aromatic N) is 3. The van der Waals surface area contributed by atoms with Crippen molar-refractivity contribution in [2.24, 2.45) is 0 Å². The minimum atomic E-state index is -0.551. The number of benzene rings is 1. The standard InChI is InChI=1S/C17H18N4O4S/c1-2-26-12-5-3-11(4-6-12)9-14-19-20-17(25-14)18-13(22)10-21-15(23)7-8-16(21)24/h3-6H,2,7-10H2,1H3,(H,18,20,22). The molecule has 0 spiro atoms. The zero-order chi connectivity index (χ0) is 18.5. The van der Waals surface area contributed by atoms with Crippen LogP contribution in [0, 0.1) is 0 Å². The van der Waals surface area contributed by atoms with E-state index in [-0.39, 0.29) is 37.2 Å². The van der Waals surface area contributed by atoms with Gasteiger partial charge in [0, 0.05) is 17.7 Å². The van der Waals surface area contributed by atoms with Gasteiger partial charge in [-0.3, -0.25) is 24.6 Å². The molecule has 2 heterocycles. The molecule has 0 saturated carbocycles. The number of thioether (sulfide) groups is 1. The van der Waals surface area contributed by atoms with E-state index in [1.54, 1.807) is 11.8 Å². The van der Waals surface area contributed by atoms with Gasteiger partial charge in [0.05, 0.1) is 6.42 Å². The van der Waals surface area contributed by atoms with Gasteiger partial charge in [-0.15, -0.1) is 16.9 Å². The van der Waals surface area contributed by atoms with E-state index in [1.165, 1.54) is 4.90 Å². The van der Waals surface area contributed by atoms with Crippen molar-refractivity contribution in [3.8, 4) is 0 Å². The van der Waals surface area contributed by atoms with Crippen molar-refractivity contribution in [3.05, 3.63) is 35.7 Å². The molecule has 1 aliphatic heterocycles. The number of aromatic nitrogens is 2. The normalized spacial score (nSPS) is 14.1. The highest BCUT2D eigenvalue weighted by Crippen LogP contribution is 2.19. The first-order chi connectivity index (χ1) is 12.5. The van der Waals surface area contributed by atoms with Crippen LogP contribution >= 0.6 is 11.8 Å². The van der Waals surface area contributed by atoms with Gasteiger partial charge in [0.2, 0.25) is 23.6 Å². The Balaban J connectivity index is 1.55. The number of carbonyl (C=O) groups excluding carboxylic acids is 3. The lowest BCUT2D eigenvalue weighted by molar-refractivity contribution is -0.141. The number of hydrogen-bond acceptors (Lipinski definition) is 7. The molecule has 0 bridgehead atoms. The van der Waals surface area contributed by atoms with Crippen molar-refractivity contribution in [2.45, 2.75) is 31.1 Å². The summed E-state index contributed by atoms with van der Waals surface area (Å²) >= 11 is 1.76. The molecule has 0 aliphatic carbocycles. The first-order valence-corrected chi connectivity index (χ1v) is 9.21. The number of nitrogens with one attached hydrogen (secondary N) is 1. The summed E-state index contributed by atoms with van der Waals surface area (Å²) in [6.07, 6.45) is 0.738. The lowest BCUT2D eigenvalue weighted by Gasteiger charge is -2.11. The van der Waals surface area contributed by atoms with Gasteiger partial charge in [-0.05, 0) is 23.4 Å². The largest absolute Gasteiger partial charge is 0.407 e. The predicted octanol–water partition coefficient (Wildman–Crippen LogP) is 1.86. The number of amides is 3. The van der Waals surface area contributed by atoms with Crippen LogP contribution in [0.2, 0.25) is 0 Å². The van der Waals surface area contributed by atoms with Gasteiger partial charge >= 0.3 is 6.01 Å². The second kappa shape index (κ2) is 8.13. The lowest BCUT2D eigenvalue weighted by atomic mass is 10.1. The van der Waals surface area contributed by atoms with Gasteiger partial charge in [0.15, 0.2) is 0 Å². The summed E-state index contributed by atoms with van der Waals surface area (Å²) in [6, 6.07) is 8.00. The Morgan fingerprint density at radius 3 is 2.54 bits per heavy atom. The van der Waals surface area contributed by atoms with Crippen molar-refractivity contribution in [1.29, 1.82) is 0 Å². The summed E-state index contributed by atoms with van der Waals surface area (Å²) in [5.41, 5.74) is 1.01. The first kappa shape index (κ1) is 18.1. The zero-order valence-electron chi connectivity index (χ0n) is 14.2. The van der Waals surface area contributed by atoms with Crippen molar-refractivity contribution < 1.29 is 18.8 Å². The summed E-state index contributed by atoms with van der Waals surface area (Å²) < 4.78 is 5.41. The van der Waals surface area contributed by atoms with Crippen LogP contribution in [0.15, 0.2) is 33.6 Å². The maximum atomic E-state index is 11.9. The third kappa shape index (κ3) is 4.48. The molecule has 0 unspecified atom stereocenters. The summed E-state index contributed by atoms with van der Waals surface area (Å²) in [4.78, 5) is 37.1. The molecule has 1 N–H and O–H groups in total. The van der Waals surface area contributed by atoms with Crippen LogP contribution in [-0.2, 0) is 20.8 Å². The van der Waals surface area contributed by atoms with Crippen molar-refractivity contribution in [1.82, 2.24) is 15.1 Å². The van der Waals surface area contributed by atoms with Gasteiger partial charge in [-0.25, -0.2) is 0 Å². The highest BCUT2D eigenvalue weighted by Gasteiger charge is 2.30. The van der Waals surface area contributed by atoms with E-state index in [9.17, 15) is 14.4 Å².